The van der Waals surface area contributed by atoms with Crippen LogP contribution >= 0.6 is 0 Å². The second-order valence-corrected chi connectivity index (χ2v) is 6.78. The number of ether oxygens (including phenoxy) is 1. The standard InChI is InChI=1S/C16H20N2O3S/c1-3-14-9-10-17-16(13-14)18(22(2,19)20)11-12-21-15-7-5-4-6-8-15/h4-10,13H,3,11-12H2,1-2H3. The molecule has 0 radical (unpaired) electrons. The monoisotopic (exact) mass is 320 g/mol. The van der Waals surface area contributed by atoms with E-state index in [2.05, 4.69) is 4.98 Å². The van der Waals surface area contributed by atoms with Crippen molar-refractivity contribution in [2.24, 2.45) is 0 Å². The van der Waals surface area contributed by atoms with Crippen molar-refractivity contribution in [3.63, 3.8) is 0 Å². The van der Waals surface area contributed by atoms with Crippen LogP contribution in [0.4, 0.5) is 5.82 Å². The molecule has 2 rings (SSSR count). The predicted octanol–water partition coefficient (Wildman–Crippen LogP) is 2.49. The van der Waals surface area contributed by atoms with Crippen LogP contribution in [-0.2, 0) is 16.4 Å². The minimum atomic E-state index is -3.41. The highest BCUT2D eigenvalue weighted by molar-refractivity contribution is 7.92. The van der Waals surface area contributed by atoms with Crippen LogP contribution in [0.15, 0.2) is 48.7 Å². The summed E-state index contributed by atoms with van der Waals surface area (Å²) in [6.07, 6.45) is 3.63. The molecule has 0 aliphatic rings. The Balaban J connectivity index is 2.10. The third-order valence-corrected chi connectivity index (χ3v) is 4.35. The molecule has 2 aromatic rings. The van der Waals surface area contributed by atoms with Gasteiger partial charge in [0.2, 0.25) is 10.0 Å². The molecular weight excluding hydrogens is 300 g/mol. The Morgan fingerprint density at radius 1 is 1.18 bits per heavy atom. The molecule has 1 heterocycles. The fourth-order valence-electron chi connectivity index (χ4n) is 2.03. The summed E-state index contributed by atoms with van der Waals surface area (Å²) in [5, 5.41) is 0. The molecule has 0 aliphatic heterocycles. The molecule has 1 aromatic carbocycles. The Morgan fingerprint density at radius 2 is 1.91 bits per heavy atom. The fraction of sp³-hybridized carbons (Fsp3) is 0.312. The number of rotatable bonds is 7. The van der Waals surface area contributed by atoms with Crippen LogP contribution in [0.3, 0.4) is 0 Å². The van der Waals surface area contributed by atoms with E-state index in [9.17, 15) is 8.42 Å². The minimum Gasteiger partial charge on any atom is -0.492 e. The summed E-state index contributed by atoms with van der Waals surface area (Å²) in [6.45, 7) is 2.49. The summed E-state index contributed by atoms with van der Waals surface area (Å²) in [7, 11) is -3.41. The highest BCUT2D eigenvalue weighted by Crippen LogP contribution is 2.16. The number of aromatic nitrogens is 1. The molecule has 0 spiro atoms. The van der Waals surface area contributed by atoms with Crippen LogP contribution in [-0.4, -0.2) is 32.8 Å². The van der Waals surface area contributed by atoms with Gasteiger partial charge in [-0.2, -0.15) is 0 Å². The van der Waals surface area contributed by atoms with Gasteiger partial charge in [-0.15, -0.1) is 0 Å². The summed E-state index contributed by atoms with van der Waals surface area (Å²) in [5.74, 6) is 1.14. The first-order chi connectivity index (χ1) is 10.5. The zero-order chi connectivity index (χ0) is 16.0. The Hall–Kier alpha value is -2.08. The Bertz CT molecular complexity index is 702. The van der Waals surface area contributed by atoms with Crippen molar-refractivity contribution in [2.75, 3.05) is 23.7 Å². The minimum absolute atomic E-state index is 0.216. The first-order valence-electron chi connectivity index (χ1n) is 7.11. The maximum absolute atomic E-state index is 12.0. The summed E-state index contributed by atoms with van der Waals surface area (Å²) < 4.78 is 30.9. The second-order valence-electron chi connectivity index (χ2n) is 4.87. The number of aryl methyl sites for hydroxylation is 1. The predicted molar refractivity (Wildman–Crippen MR) is 87.7 cm³/mol. The Kier molecular flexibility index (Phi) is 5.38. The molecule has 1 aromatic heterocycles. The lowest BCUT2D eigenvalue weighted by atomic mass is 10.2. The van der Waals surface area contributed by atoms with Crippen molar-refractivity contribution < 1.29 is 13.2 Å². The average Bonchev–Trinajstić information content (AvgIpc) is 2.51. The van der Waals surface area contributed by atoms with E-state index in [-0.39, 0.29) is 13.2 Å². The van der Waals surface area contributed by atoms with Gasteiger partial charge in [0, 0.05) is 6.20 Å². The molecule has 5 nitrogen and oxygen atoms in total. The molecule has 0 saturated carbocycles. The third-order valence-electron chi connectivity index (χ3n) is 3.18. The highest BCUT2D eigenvalue weighted by atomic mass is 32.2. The summed E-state index contributed by atoms with van der Waals surface area (Å²) in [5.41, 5.74) is 1.04. The molecular formula is C16H20N2O3S. The van der Waals surface area contributed by atoms with Crippen molar-refractivity contribution in [3.8, 4) is 5.75 Å². The van der Waals surface area contributed by atoms with Crippen molar-refractivity contribution in [3.05, 3.63) is 54.2 Å². The van der Waals surface area contributed by atoms with Gasteiger partial charge in [0.15, 0.2) is 0 Å². The SMILES string of the molecule is CCc1ccnc(N(CCOc2ccccc2)S(C)(=O)=O)c1. The Labute approximate surface area is 131 Å². The first kappa shape index (κ1) is 16.3. The average molecular weight is 320 g/mol. The van der Waals surface area contributed by atoms with Crippen LogP contribution in [0.1, 0.15) is 12.5 Å². The molecule has 118 valence electrons. The topological polar surface area (TPSA) is 59.5 Å². The van der Waals surface area contributed by atoms with Crippen LogP contribution < -0.4 is 9.04 Å². The van der Waals surface area contributed by atoms with E-state index in [1.165, 1.54) is 10.6 Å². The first-order valence-corrected chi connectivity index (χ1v) is 8.96. The second kappa shape index (κ2) is 7.26. The van der Waals surface area contributed by atoms with Gasteiger partial charge in [-0.1, -0.05) is 25.1 Å². The van der Waals surface area contributed by atoms with Gasteiger partial charge in [-0.3, -0.25) is 4.31 Å². The molecule has 0 unspecified atom stereocenters. The highest BCUT2D eigenvalue weighted by Gasteiger charge is 2.18. The number of para-hydroxylation sites is 1. The lowest BCUT2D eigenvalue weighted by Crippen LogP contribution is -2.34. The summed E-state index contributed by atoms with van der Waals surface area (Å²) >= 11 is 0. The van der Waals surface area contributed by atoms with Gasteiger partial charge in [-0.25, -0.2) is 13.4 Å². The molecule has 22 heavy (non-hydrogen) atoms. The largest absolute Gasteiger partial charge is 0.492 e. The van der Waals surface area contributed by atoms with Gasteiger partial charge in [-0.05, 0) is 36.2 Å². The van der Waals surface area contributed by atoms with E-state index in [0.717, 1.165) is 12.0 Å². The lowest BCUT2D eigenvalue weighted by molar-refractivity contribution is 0.328. The quantitative estimate of drug-likeness (QED) is 0.786. The molecule has 0 N–H and O–H groups in total. The molecule has 0 saturated heterocycles. The van der Waals surface area contributed by atoms with Gasteiger partial charge < -0.3 is 4.74 Å². The molecule has 0 aliphatic carbocycles. The van der Waals surface area contributed by atoms with Gasteiger partial charge in [0.05, 0.1) is 12.8 Å². The van der Waals surface area contributed by atoms with E-state index in [0.29, 0.717) is 11.6 Å². The molecule has 6 heteroatoms. The van der Waals surface area contributed by atoms with Crippen molar-refractivity contribution in [1.82, 2.24) is 4.98 Å². The van der Waals surface area contributed by atoms with E-state index < -0.39 is 10.0 Å². The van der Waals surface area contributed by atoms with Gasteiger partial charge in [0.25, 0.3) is 0 Å². The lowest BCUT2D eigenvalue weighted by Gasteiger charge is -2.21. The number of sulfonamides is 1. The van der Waals surface area contributed by atoms with Gasteiger partial charge >= 0.3 is 0 Å². The summed E-state index contributed by atoms with van der Waals surface area (Å²) in [4.78, 5) is 4.17. The number of nitrogens with zero attached hydrogens (tertiary/aromatic N) is 2. The zero-order valence-corrected chi connectivity index (χ0v) is 13.6. The van der Waals surface area contributed by atoms with E-state index in [4.69, 9.17) is 4.74 Å². The molecule has 0 bridgehead atoms. The van der Waals surface area contributed by atoms with Crippen molar-refractivity contribution in [1.29, 1.82) is 0 Å². The summed E-state index contributed by atoms with van der Waals surface area (Å²) in [6, 6.07) is 13.0. The van der Waals surface area contributed by atoms with E-state index in [1.54, 1.807) is 12.3 Å². The molecule has 0 amide bonds. The number of hydrogen-bond donors (Lipinski definition) is 0. The van der Waals surface area contributed by atoms with Crippen molar-refractivity contribution in [2.45, 2.75) is 13.3 Å². The number of pyridine rings is 1. The zero-order valence-electron chi connectivity index (χ0n) is 12.8. The number of benzene rings is 1. The van der Waals surface area contributed by atoms with Crippen LogP contribution in [0, 0.1) is 0 Å². The maximum Gasteiger partial charge on any atom is 0.233 e. The normalized spacial score (nSPS) is 11.2. The number of anilines is 1. The van der Waals surface area contributed by atoms with Crippen LogP contribution in [0.5, 0.6) is 5.75 Å². The van der Waals surface area contributed by atoms with Gasteiger partial charge in [0.1, 0.15) is 18.2 Å². The third kappa shape index (κ3) is 4.46. The van der Waals surface area contributed by atoms with Crippen molar-refractivity contribution >= 4 is 15.8 Å². The van der Waals surface area contributed by atoms with Crippen LogP contribution in [0.2, 0.25) is 0 Å². The maximum atomic E-state index is 12.0. The number of hydrogen-bond acceptors (Lipinski definition) is 4. The molecule has 0 fully saturated rings. The van der Waals surface area contributed by atoms with Crippen LogP contribution in [0.25, 0.3) is 0 Å². The molecule has 0 atom stereocenters. The Morgan fingerprint density at radius 3 is 2.55 bits per heavy atom. The van der Waals surface area contributed by atoms with E-state index >= 15 is 0 Å². The smallest absolute Gasteiger partial charge is 0.233 e. The van der Waals surface area contributed by atoms with E-state index in [1.807, 2.05) is 43.3 Å². The fourth-order valence-corrected chi connectivity index (χ4v) is 2.88.